The van der Waals surface area contributed by atoms with E-state index in [1.807, 2.05) is 31.2 Å². The van der Waals surface area contributed by atoms with E-state index in [4.69, 9.17) is 9.84 Å². The summed E-state index contributed by atoms with van der Waals surface area (Å²) in [4.78, 5) is 24.3. The Bertz CT molecular complexity index is 487. The van der Waals surface area contributed by atoms with Gasteiger partial charge in [-0.3, -0.25) is 9.59 Å². The van der Waals surface area contributed by atoms with Crippen molar-refractivity contribution < 1.29 is 19.4 Å². The number of nitrogens with zero attached hydrogens (tertiary/aromatic N) is 1. The normalized spacial score (nSPS) is 11.8. The van der Waals surface area contributed by atoms with Crippen molar-refractivity contribution in [3.63, 3.8) is 0 Å². The second-order valence-electron chi connectivity index (χ2n) is 5.05. The van der Waals surface area contributed by atoms with E-state index in [9.17, 15) is 9.59 Å². The second kappa shape index (κ2) is 8.29. The van der Waals surface area contributed by atoms with Gasteiger partial charge in [0.05, 0.1) is 12.5 Å². The summed E-state index contributed by atoms with van der Waals surface area (Å²) in [6.07, 6.45) is 0.924. The summed E-state index contributed by atoms with van der Waals surface area (Å²) in [7, 11) is 1.64. The first-order valence-electron chi connectivity index (χ1n) is 7.13. The highest BCUT2D eigenvalue weighted by Gasteiger charge is 2.17. The maximum atomic E-state index is 12.0. The SMILES string of the molecule is CCOc1ccccc1CCC(=O)N(C)CC(C)C(=O)O. The van der Waals surface area contributed by atoms with Gasteiger partial charge in [0.25, 0.3) is 0 Å². The Balaban J connectivity index is 2.54. The number of carboxylic acids is 1. The van der Waals surface area contributed by atoms with E-state index >= 15 is 0 Å². The molecule has 0 aliphatic carbocycles. The van der Waals surface area contributed by atoms with Crippen molar-refractivity contribution in [1.29, 1.82) is 0 Å². The summed E-state index contributed by atoms with van der Waals surface area (Å²) in [6, 6.07) is 7.65. The Kier molecular flexibility index (Phi) is 6.72. The number of ether oxygens (including phenoxy) is 1. The van der Waals surface area contributed by atoms with Crippen LogP contribution in [0.15, 0.2) is 24.3 Å². The van der Waals surface area contributed by atoms with Gasteiger partial charge in [0.2, 0.25) is 5.91 Å². The fraction of sp³-hybridized carbons (Fsp3) is 0.500. The Morgan fingerprint density at radius 2 is 2.00 bits per heavy atom. The molecule has 0 radical (unpaired) electrons. The van der Waals surface area contributed by atoms with E-state index < -0.39 is 11.9 Å². The molecule has 21 heavy (non-hydrogen) atoms. The average molecular weight is 293 g/mol. The lowest BCUT2D eigenvalue weighted by Gasteiger charge is -2.19. The summed E-state index contributed by atoms with van der Waals surface area (Å²) >= 11 is 0. The van der Waals surface area contributed by atoms with Crippen LogP contribution >= 0.6 is 0 Å². The molecule has 0 bridgehead atoms. The average Bonchev–Trinajstić information content (AvgIpc) is 2.46. The molecule has 0 saturated heterocycles. The third-order valence-corrected chi connectivity index (χ3v) is 3.28. The number of hydrogen-bond donors (Lipinski definition) is 1. The zero-order valence-electron chi connectivity index (χ0n) is 12.8. The van der Waals surface area contributed by atoms with E-state index in [1.54, 1.807) is 14.0 Å². The van der Waals surface area contributed by atoms with Gasteiger partial charge in [-0.2, -0.15) is 0 Å². The van der Waals surface area contributed by atoms with E-state index in [1.165, 1.54) is 4.90 Å². The van der Waals surface area contributed by atoms with E-state index in [-0.39, 0.29) is 12.5 Å². The van der Waals surface area contributed by atoms with E-state index in [2.05, 4.69) is 0 Å². The minimum Gasteiger partial charge on any atom is -0.494 e. The Morgan fingerprint density at radius 1 is 1.33 bits per heavy atom. The largest absolute Gasteiger partial charge is 0.494 e. The molecular weight excluding hydrogens is 270 g/mol. The monoisotopic (exact) mass is 293 g/mol. The van der Waals surface area contributed by atoms with Crippen molar-refractivity contribution >= 4 is 11.9 Å². The fourth-order valence-corrected chi connectivity index (χ4v) is 2.03. The molecule has 1 rings (SSSR count). The Morgan fingerprint density at radius 3 is 2.62 bits per heavy atom. The maximum Gasteiger partial charge on any atom is 0.308 e. The third kappa shape index (κ3) is 5.45. The van der Waals surface area contributed by atoms with Gasteiger partial charge in [0, 0.05) is 20.0 Å². The van der Waals surface area contributed by atoms with Crippen LogP contribution in [0.5, 0.6) is 5.75 Å². The molecule has 0 saturated carbocycles. The first kappa shape index (κ1) is 17.0. The van der Waals surface area contributed by atoms with Crippen LogP contribution in [0, 0.1) is 5.92 Å². The van der Waals surface area contributed by atoms with Crippen LogP contribution in [0.3, 0.4) is 0 Å². The van der Waals surface area contributed by atoms with Crippen molar-refractivity contribution in [2.45, 2.75) is 26.7 Å². The van der Waals surface area contributed by atoms with Crippen LogP contribution in [0.25, 0.3) is 0 Å². The summed E-state index contributed by atoms with van der Waals surface area (Å²) < 4.78 is 5.52. The van der Waals surface area contributed by atoms with Crippen molar-refractivity contribution in [2.75, 3.05) is 20.2 Å². The molecule has 0 aliphatic heterocycles. The van der Waals surface area contributed by atoms with Gasteiger partial charge < -0.3 is 14.7 Å². The quantitative estimate of drug-likeness (QED) is 0.798. The lowest BCUT2D eigenvalue weighted by molar-refractivity contribution is -0.142. The lowest BCUT2D eigenvalue weighted by atomic mass is 10.1. The van der Waals surface area contributed by atoms with Crippen LogP contribution in [-0.4, -0.2) is 42.1 Å². The topological polar surface area (TPSA) is 66.8 Å². The van der Waals surface area contributed by atoms with Gasteiger partial charge >= 0.3 is 5.97 Å². The van der Waals surface area contributed by atoms with Crippen molar-refractivity contribution in [3.8, 4) is 5.75 Å². The van der Waals surface area contributed by atoms with Gasteiger partial charge in [-0.15, -0.1) is 0 Å². The van der Waals surface area contributed by atoms with E-state index in [0.717, 1.165) is 11.3 Å². The molecule has 1 amide bonds. The Hall–Kier alpha value is -2.04. The number of para-hydroxylation sites is 1. The van der Waals surface area contributed by atoms with Crippen molar-refractivity contribution in [1.82, 2.24) is 4.90 Å². The predicted molar refractivity (Wildman–Crippen MR) is 80.4 cm³/mol. The molecule has 1 atom stereocenters. The number of carbonyl (C=O) groups excluding carboxylic acids is 1. The van der Waals surface area contributed by atoms with Crippen LogP contribution < -0.4 is 4.74 Å². The van der Waals surface area contributed by atoms with Gasteiger partial charge in [0.1, 0.15) is 5.75 Å². The van der Waals surface area contributed by atoms with E-state index in [0.29, 0.717) is 19.4 Å². The minimum atomic E-state index is -0.892. The summed E-state index contributed by atoms with van der Waals surface area (Å²) in [5, 5.41) is 8.86. The molecule has 0 fully saturated rings. The molecule has 0 aliphatic rings. The number of carbonyl (C=O) groups is 2. The van der Waals surface area contributed by atoms with Crippen molar-refractivity contribution in [2.24, 2.45) is 5.92 Å². The standard InChI is InChI=1S/C16H23NO4/c1-4-21-14-8-6-5-7-13(14)9-10-15(18)17(3)11-12(2)16(19)20/h5-8,12H,4,9-11H2,1-3H3,(H,19,20). The molecule has 1 N–H and O–H groups in total. The summed E-state index contributed by atoms with van der Waals surface area (Å²) in [6.45, 7) is 4.32. The van der Waals surface area contributed by atoms with Crippen LogP contribution in [0.2, 0.25) is 0 Å². The molecular formula is C16H23NO4. The zero-order valence-corrected chi connectivity index (χ0v) is 12.8. The highest BCUT2D eigenvalue weighted by atomic mass is 16.5. The summed E-state index contributed by atoms with van der Waals surface area (Å²) in [5.41, 5.74) is 0.993. The molecule has 0 aromatic heterocycles. The molecule has 0 heterocycles. The molecule has 5 nitrogen and oxygen atoms in total. The lowest BCUT2D eigenvalue weighted by Crippen LogP contribution is -2.33. The van der Waals surface area contributed by atoms with Crippen LogP contribution in [0.4, 0.5) is 0 Å². The molecule has 1 aromatic carbocycles. The fourth-order valence-electron chi connectivity index (χ4n) is 2.03. The third-order valence-electron chi connectivity index (χ3n) is 3.28. The number of carboxylic acid groups (broad SMARTS) is 1. The number of aliphatic carboxylic acids is 1. The molecule has 116 valence electrons. The van der Waals surface area contributed by atoms with Gasteiger partial charge in [0.15, 0.2) is 0 Å². The second-order valence-corrected chi connectivity index (χ2v) is 5.05. The van der Waals surface area contributed by atoms with Gasteiger partial charge in [-0.1, -0.05) is 25.1 Å². The maximum absolute atomic E-state index is 12.0. The van der Waals surface area contributed by atoms with Gasteiger partial charge in [-0.05, 0) is 25.0 Å². The van der Waals surface area contributed by atoms with Crippen LogP contribution in [-0.2, 0) is 16.0 Å². The van der Waals surface area contributed by atoms with Crippen LogP contribution in [0.1, 0.15) is 25.8 Å². The smallest absolute Gasteiger partial charge is 0.308 e. The first-order valence-corrected chi connectivity index (χ1v) is 7.13. The number of hydrogen-bond acceptors (Lipinski definition) is 3. The number of aryl methyl sites for hydroxylation is 1. The summed E-state index contributed by atoms with van der Waals surface area (Å²) in [5.74, 6) is -0.713. The molecule has 1 unspecified atom stereocenters. The Labute approximate surface area is 125 Å². The minimum absolute atomic E-state index is 0.0607. The number of rotatable bonds is 8. The zero-order chi connectivity index (χ0) is 15.8. The highest BCUT2D eigenvalue weighted by molar-refractivity contribution is 5.77. The molecule has 5 heteroatoms. The van der Waals surface area contributed by atoms with Gasteiger partial charge in [-0.25, -0.2) is 0 Å². The first-order chi connectivity index (χ1) is 9.95. The molecule has 0 spiro atoms. The number of amides is 1. The highest BCUT2D eigenvalue weighted by Crippen LogP contribution is 2.19. The molecule has 1 aromatic rings. The predicted octanol–water partition coefficient (Wildman–Crippen LogP) is 2.20. The van der Waals surface area contributed by atoms with Crippen molar-refractivity contribution in [3.05, 3.63) is 29.8 Å². The number of benzene rings is 1.